The van der Waals surface area contributed by atoms with Gasteiger partial charge in [-0.15, -0.1) is 0 Å². The number of nitrogens with zero attached hydrogens (tertiary/aromatic N) is 6. The van der Waals surface area contributed by atoms with Gasteiger partial charge in [-0.3, -0.25) is 4.57 Å². The van der Waals surface area contributed by atoms with Gasteiger partial charge >= 0.3 is 0 Å². The zero-order valence-electron chi connectivity index (χ0n) is 22.5. The fraction of sp³-hybridized carbons (Fsp3) is 0.433. The first-order chi connectivity index (χ1) is 18.5. The van der Waals surface area contributed by atoms with Crippen molar-refractivity contribution in [3.63, 3.8) is 0 Å². The molecule has 2 aromatic heterocycles. The van der Waals surface area contributed by atoms with Crippen molar-refractivity contribution in [2.45, 2.75) is 39.0 Å². The third-order valence-electron chi connectivity index (χ3n) is 7.52. The molecule has 198 valence electrons. The molecule has 1 N–H and O–H groups in total. The molecule has 6 rings (SSSR count). The number of nitrogens with one attached hydrogen (secondary N) is 1. The number of hydrogen-bond donors (Lipinski definition) is 1. The standard InChI is InChI=1S/C30H36FN7/c1-20(2)17-23-5-4-6-27(35-23)38-29(21-7-8-21)28(31)25-18-32-26(19-33-30(25)38)34-22-9-11-24(12-10-22)37-15-13-36(3)14-16-37/h4-6,9-12,18,20-21,33H,7-8,13-17,19H2,1-3H3. The lowest BCUT2D eigenvalue weighted by Crippen LogP contribution is -2.44. The largest absolute Gasteiger partial charge is 0.369 e. The lowest BCUT2D eigenvalue weighted by Gasteiger charge is -2.34. The van der Waals surface area contributed by atoms with Crippen molar-refractivity contribution < 1.29 is 4.39 Å². The minimum atomic E-state index is -0.201. The lowest BCUT2D eigenvalue weighted by molar-refractivity contribution is 0.313. The summed E-state index contributed by atoms with van der Waals surface area (Å²) in [4.78, 5) is 19.0. The average Bonchev–Trinajstić information content (AvgIpc) is 3.73. The average molecular weight is 514 g/mol. The third kappa shape index (κ3) is 5.10. The zero-order valence-corrected chi connectivity index (χ0v) is 22.5. The van der Waals surface area contributed by atoms with Crippen molar-refractivity contribution in [2.75, 3.05) is 50.0 Å². The molecule has 0 bridgehead atoms. The molecule has 0 atom stereocenters. The van der Waals surface area contributed by atoms with E-state index in [1.165, 1.54) is 5.69 Å². The molecular formula is C30H36FN7. The Morgan fingerprint density at radius 1 is 1.05 bits per heavy atom. The molecule has 3 aromatic rings. The highest BCUT2D eigenvalue weighted by atomic mass is 19.1. The summed E-state index contributed by atoms with van der Waals surface area (Å²) in [6, 6.07) is 14.3. The number of hydrogen-bond acceptors (Lipinski definition) is 5. The fourth-order valence-electron chi connectivity index (χ4n) is 5.32. The zero-order chi connectivity index (χ0) is 26.2. The van der Waals surface area contributed by atoms with Crippen molar-refractivity contribution in [1.29, 1.82) is 0 Å². The maximum Gasteiger partial charge on any atom is 0.155 e. The molecule has 0 spiro atoms. The molecule has 8 heteroatoms. The second kappa shape index (κ2) is 10.3. The Kier molecular flexibility index (Phi) is 6.74. The maximum absolute atomic E-state index is 15.8. The molecule has 2 aliphatic heterocycles. The van der Waals surface area contributed by atoms with E-state index in [2.05, 4.69) is 53.1 Å². The summed E-state index contributed by atoms with van der Waals surface area (Å²) in [6.07, 6.45) is 4.51. The number of piperazine rings is 1. The molecule has 38 heavy (non-hydrogen) atoms. The summed E-state index contributed by atoms with van der Waals surface area (Å²) in [7, 11) is 2.16. The van der Waals surface area contributed by atoms with Crippen LogP contribution in [0.5, 0.6) is 0 Å². The van der Waals surface area contributed by atoms with Gasteiger partial charge < -0.3 is 15.1 Å². The molecular weight excluding hydrogens is 477 g/mol. The van der Waals surface area contributed by atoms with Gasteiger partial charge in [-0.25, -0.2) is 19.4 Å². The van der Waals surface area contributed by atoms with Crippen molar-refractivity contribution >= 4 is 29.2 Å². The third-order valence-corrected chi connectivity index (χ3v) is 7.52. The molecule has 0 unspecified atom stereocenters. The van der Waals surface area contributed by atoms with Gasteiger partial charge in [0.2, 0.25) is 0 Å². The number of fused-ring (bicyclic) bond motifs is 1. The summed E-state index contributed by atoms with van der Waals surface area (Å²) in [5.74, 6) is 2.60. The predicted octanol–water partition coefficient (Wildman–Crippen LogP) is 5.41. The molecule has 7 nitrogen and oxygen atoms in total. The van der Waals surface area contributed by atoms with Crippen LogP contribution < -0.4 is 10.2 Å². The van der Waals surface area contributed by atoms with Crippen molar-refractivity contribution in [1.82, 2.24) is 14.5 Å². The molecule has 1 saturated heterocycles. The second-order valence-electron chi connectivity index (χ2n) is 11.1. The summed E-state index contributed by atoms with van der Waals surface area (Å²) in [5, 5.41) is 3.45. The van der Waals surface area contributed by atoms with Gasteiger partial charge in [-0.1, -0.05) is 19.9 Å². The summed E-state index contributed by atoms with van der Waals surface area (Å²) >= 11 is 0. The van der Waals surface area contributed by atoms with Gasteiger partial charge in [0.1, 0.15) is 17.5 Å². The van der Waals surface area contributed by atoms with Crippen LogP contribution >= 0.6 is 0 Å². The van der Waals surface area contributed by atoms with Crippen LogP contribution in [0.3, 0.4) is 0 Å². The molecule has 1 saturated carbocycles. The molecule has 0 radical (unpaired) electrons. The van der Waals surface area contributed by atoms with E-state index in [9.17, 15) is 0 Å². The number of halogens is 1. The highest BCUT2D eigenvalue weighted by Gasteiger charge is 2.35. The number of pyridine rings is 1. The SMILES string of the molecule is CC(C)Cc1cccc(-n2c3c(c(F)c2C2CC2)C=NC(=Nc2ccc(N4CCN(C)CC4)cc2)CN3)n1. The van der Waals surface area contributed by atoms with E-state index in [4.69, 9.17) is 9.98 Å². The van der Waals surface area contributed by atoms with Gasteiger partial charge in [0.15, 0.2) is 5.82 Å². The van der Waals surface area contributed by atoms with Crippen LogP contribution in [0.4, 0.5) is 21.6 Å². The van der Waals surface area contributed by atoms with Crippen LogP contribution in [-0.2, 0) is 6.42 Å². The van der Waals surface area contributed by atoms with E-state index in [-0.39, 0.29) is 11.7 Å². The Morgan fingerprint density at radius 3 is 2.53 bits per heavy atom. The topological polar surface area (TPSA) is 61.1 Å². The monoisotopic (exact) mass is 513 g/mol. The van der Waals surface area contributed by atoms with Crippen LogP contribution in [0.15, 0.2) is 52.4 Å². The Hall–Kier alpha value is -3.52. The Balaban J connectivity index is 1.27. The molecule has 3 aliphatic rings. The molecule has 1 aromatic carbocycles. The minimum absolute atomic E-state index is 0.201. The van der Waals surface area contributed by atoms with E-state index < -0.39 is 0 Å². The normalized spacial score (nSPS) is 19.1. The highest BCUT2D eigenvalue weighted by Crippen LogP contribution is 2.45. The van der Waals surface area contributed by atoms with Crippen LogP contribution in [0, 0.1) is 11.7 Å². The molecule has 4 heterocycles. The summed E-state index contributed by atoms with van der Waals surface area (Å²) in [5.41, 5.74) is 4.27. The Labute approximate surface area is 224 Å². The first-order valence-electron chi connectivity index (χ1n) is 13.8. The predicted molar refractivity (Wildman–Crippen MR) is 153 cm³/mol. The molecule has 1 aliphatic carbocycles. The maximum atomic E-state index is 15.8. The van der Waals surface area contributed by atoms with Gasteiger partial charge in [-0.2, -0.15) is 0 Å². The fourth-order valence-corrected chi connectivity index (χ4v) is 5.32. The number of rotatable bonds is 6. The van der Waals surface area contributed by atoms with Crippen LogP contribution in [0.25, 0.3) is 5.82 Å². The number of aromatic nitrogens is 2. The number of amidine groups is 1. The number of likely N-dealkylation sites (N-methyl/N-ethyl adjacent to an activating group) is 1. The minimum Gasteiger partial charge on any atom is -0.369 e. The van der Waals surface area contributed by atoms with Crippen LogP contribution in [-0.4, -0.2) is 66.3 Å². The van der Waals surface area contributed by atoms with Crippen molar-refractivity contribution in [3.05, 3.63) is 65.2 Å². The van der Waals surface area contributed by atoms with Crippen LogP contribution in [0.2, 0.25) is 0 Å². The number of anilines is 2. The Bertz CT molecular complexity index is 1360. The summed E-state index contributed by atoms with van der Waals surface area (Å²) in [6.45, 7) is 8.98. The van der Waals surface area contributed by atoms with Gasteiger partial charge in [0, 0.05) is 49.7 Å². The lowest BCUT2D eigenvalue weighted by atomic mass is 10.1. The number of benzene rings is 1. The first-order valence-corrected chi connectivity index (χ1v) is 13.8. The summed E-state index contributed by atoms with van der Waals surface area (Å²) < 4.78 is 17.8. The van der Waals surface area contributed by atoms with E-state index in [0.717, 1.165) is 62.6 Å². The van der Waals surface area contributed by atoms with Crippen molar-refractivity contribution in [3.8, 4) is 5.82 Å². The van der Waals surface area contributed by atoms with Gasteiger partial charge in [0.25, 0.3) is 0 Å². The first kappa shape index (κ1) is 24.8. The van der Waals surface area contributed by atoms with Gasteiger partial charge in [0.05, 0.1) is 23.5 Å². The van der Waals surface area contributed by atoms with Gasteiger partial charge in [-0.05, 0) is 68.6 Å². The molecule has 2 fully saturated rings. The van der Waals surface area contributed by atoms with E-state index >= 15 is 4.39 Å². The van der Waals surface area contributed by atoms with E-state index in [1.54, 1.807) is 6.21 Å². The highest BCUT2D eigenvalue weighted by molar-refractivity contribution is 6.03. The van der Waals surface area contributed by atoms with E-state index in [0.29, 0.717) is 35.4 Å². The second-order valence-corrected chi connectivity index (χ2v) is 11.1. The quantitative estimate of drug-likeness (QED) is 0.479. The Morgan fingerprint density at radius 2 is 1.82 bits per heavy atom. The smallest absolute Gasteiger partial charge is 0.155 e. The molecule has 0 amide bonds. The van der Waals surface area contributed by atoms with Crippen molar-refractivity contribution in [2.24, 2.45) is 15.9 Å². The number of aliphatic imine (C=N–C) groups is 2. The van der Waals surface area contributed by atoms with E-state index in [1.807, 2.05) is 34.9 Å². The van der Waals surface area contributed by atoms with Crippen LogP contribution in [0.1, 0.15) is 49.6 Å².